The predicted molar refractivity (Wildman–Crippen MR) is 160 cm³/mol. The average molecular weight is 646 g/mol. The summed E-state index contributed by atoms with van der Waals surface area (Å²) in [5.41, 5.74) is -1.55. The standard InChI is InChI=1S/C28H32ClN7O9/c1-4-19(38)23(36-15-31-20-21(30-2)32-26(29)33-22(20)36)45-18(13-37)14-44-28(24(39)40,25(41)42)12-16-6-8-17(9-7-16)35-11-5-10-34(3)27(35)43/h1,6-9,15,18-19,23,37-38H,5,10-14H2,2-3H3,(H,39,40)(H,41,42)(H,30,32,33)/t18-,19+,23+/m0/s1. The summed E-state index contributed by atoms with van der Waals surface area (Å²) in [6, 6.07) is 6.02. The topological polar surface area (TPSA) is 213 Å². The van der Waals surface area contributed by atoms with E-state index in [1.54, 1.807) is 36.0 Å². The highest BCUT2D eigenvalue weighted by Crippen LogP contribution is 2.28. The first-order valence-electron chi connectivity index (χ1n) is 13.7. The van der Waals surface area contributed by atoms with Crippen molar-refractivity contribution < 1.29 is 44.3 Å². The molecule has 1 saturated heterocycles. The number of benzene rings is 1. The molecule has 4 rings (SSSR count). The van der Waals surface area contributed by atoms with E-state index in [1.807, 2.05) is 0 Å². The molecule has 2 amide bonds. The van der Waals surface area contributed by atoms with Gasteiger partial charge in [-0.1, -0.05) is 18.1 Å². The number of hydrogen-bond donors (Lipinski definition) is 5. The Morgan fingerprint density at radius 1 is 1.20 bits per heavy atom. The number of carbonyl (C=O) groups is 3. The fourth-order valence-corrected chi connectivity index (χ4v) is 4.96. The fraction of sp³-hybridized carbons (Fsp3) is 0.429. The lowest BCUT2D eigenvalue weighted by atomic mass is 9.94. The number of nitrogens with one attached hydrogen (secondary N) is 1. The molecule has 1 aromatic carbocycles. The number of nitrogens with zero attached hydrogens (tertiary/aromatic N) is 6. The van der Waals surface area contributed by atoms with Crippen molar-refractivity contribution in [3.63, 3.8) is 0 Å². The minimum absolute atomic E-state index is 0.114. The number of terminal acetylenes is 1. The number of hydrogen-bond acceptors (Lipinski definition) is 11. The molecule has 1 fully saturated rings. The Morgan fingerprint density at radius 2 is 1.89 bits per heavy atom. The maximum absolute atomic E-state index is 12.5. The molecule has 1 aliphatic rings. The summed E-state index contributed by atoms with van der Waals surface area (Å²) in [5.74, 6) is -1.20. The monoisotopic (exact) mass is 645 g/mol. The van der Waals surface area contributed by atoms with Crippen LogP contribution < -0.4 is 10.2 Å². The quantitative estimate of drug-likeness (QED) is 0.0934. The van der Waals surface area contributed by atoms with Crippen LogP contribution in [0, 0.1) is 12.3 Å². The summed E-state index contributed by atoms with van der Waals surface area (Å²) >= 11 is 6.03. The fourth-order valence-electron chi connectivity index (χ4n) is 4.79. The summed E-state index contributed by atoms with van der Waals surface area (Å²) in [4.78, 5) is 52.8. The Hall–Kier alpha value is -4.53. The number of aliphatic carboxylic acids is 2. The number of carboxylic acid groups (broad SMARTS) is 2. The summed E-state index contributed by atoms with van der Waals surface area (Å²) in [5, 5.41) is 43.4. The number of fused-ring (bicyclic) bond motifs is 1. The molecule has 3 aromatic rings. The van der Waals surface area contributed by atoms with Crippen molar-refractivity contribution in [2.45, 2.75) is 36.9 Å². The van der Waals surface area contributed by atoms with Crippen LogP contribution in [0.25, 0.3) is 11.2 Å². The molecule has 16 nitrogen and oxygen atoms in total. The van der Waals surface area contributed by atoms with Crippen LogP contribution in [0.15, 0.2) is 30.6 Å². The lowest BCUT2D eigenvalue weighted by Gasteiger charge is -2.33. The molecular formula is C28H32ClN7O9. The first-order chi connectivity index (χ1) is 21.4. The maximum atomic E-state index is 12.5. The van der Waals surface area contributed by atoms with Crippen LogP contribution in [-0.4, -0.2) is 121 Å². The Labute approximate surface area is 262 Å². The van der Waals surface area contributed by atoms with Crippen molar-refractivity contribution in [2.24, 2.45) is 0 Å². The number of anilines is 2. The number of carbonyl (C=O) groups excluding carboxylic acids is 1. The first kappa shape index (κ1) is 33.4. The SMILES string of the molecule is C#C[C@@H](O)[C@@H](O[C@@H](CO)COC(Cc1ccc(N2CCCN(C)C2=O)cc1)(C(=O)O)C(=O)O)n1cnc2c(NC)nc(Cl)nc21. The Morgan fingerprint density at radius 3 is 2.49 bits per heavy atom. The van der Waals surface area contributed by atoms with Crippen molar-refractivity contribution in [1.82, 2.24) is 24.4 Å². The second-order valence-electron chi connectivity index (χ2n) is 10.2. The van der Waals surface area contributed by atoms with E-state index >= 15 is 0 Å². The minimum Gasteiger partial charge on any atom is -0.479 e. The molecule has 3 atom stereocenters. The third kappa shape index (κ3) is 6.92. The number of aliphatic hydroxyl groups is 2. The number of imidazole rings is 1. The van der Waals surface area contributed by atoms with E-state index < -0.39 is 55.6 Å². The van der Waals surface area contributed by atoms with Gasteiger partial charge in [-0.15, -0.1) is 6.42 Å². The van der Waals surface area contributed by atoms with Gasteiger partial charge in [-0.25, -0.2) is 19.4 Å². The zero-order valence-electron chi connectivity index (χ0n) is 24.3. The van der Waals surface area contributed by atoms with Crippen molar-refractivity contribution in [3.8, 4) is 12.3 Å². The maximum Gasteiger partial charge on any atom is 0.348 e. The number of aliphatic hydroxyl groups excluding tert-OH is 2. The van der Waals surface area contributed by atoms with Crippen LogP contribution in [0.1, 0.15) is 18.2 Å². The molecule has 0 bridgehead atoms. The summed E-state index contributed by atoms with van der Waals surface area (Å²) in [6.45, 7) is -0.381. The van der Waals surface area contributed by atoms with Crippen LogP contribution in [-0.2, 0) is 25.5 Å². The van der Waals surface area contributed by atoms with Gasteiger partial charge in [-0.05, 0) is 35.7 Å². The van der Waals surface area contributed by atoms with Crippen LogP contribution in [0.3, 0.4) is 0 Å². The van der Waals surface area contributed by atoms with Crippen molar-refractivity contribution in [2.75, 3.05) is 50.6 Å². The second-order valence-corrected chi connectivity index (χ2v) is 10.5. The summed E-state index contributed by atoms with van der Waals surface area (Å²) in [6.07, 6.45) is 2.41. The second kappa shape index (κ2) is 14.1. The van der Waals surface area contributed by atoms with E-state index in [0.29, 0.717) is 24.3 Å². The zero-order valence-corrected chi connectivity index (χ0v) is 25.1. The van der Waals surface area contributed by atoms with E-state index in [0.717, 1.165) is 6.42 Å². The number of amides is 2. The van der Waals surface area contributed by atoms with Gasteiger partial charge in [-0.2, -0.15) is 9.97 Å². The molecule has 17 heteroatoms. The number of ether oxygens (including phenoxy) is 2. The normalized spacial score (nSPS) is 15.9. The largest absolute Gasteiger partial charge is 0.479 e. The average Bonchev–Trinajstić information content (AvgIpc) is 3.44. The number of carboxylic acids is 2. The number of urea groups is 1. The Bertz CT molecular complexity index is 1580. The van der Waals surface area contributed by atoms with Crippen molar-refractivity contribution >= 4 is 52.2 Å². The molecule has 0 spiro atoms. The third-order valence-electron chi connectivity index (χ3n) is 7.22. The van der Waals surface area contributed by atoms with Gasteiger partial charge in [0, 0.05) is 39.3 Å². The highest BCUT2D eigenvalue weighted by Gasteiger charge is 2.49. The minimum atomic E-state index is -2.79. The summed E-state index contributed by atoms with van der Waals surface area (Å²) in [7, 11) is 3.27. The van der Waals surface area contributed by atoms with Gasteiger partial charge >= 0.3 is 18.0 Å². The number of aromatic nitrogens is 4. The van der Waals surface area contributed by atoms with Crippen LogP contribution in [0.4, 0.5) is 16.3 Å². The molecule has 0 saturated carbocycles. The molecular weight excluding hydrogens is 614 g/mol. The molecule has 240 valence electrons. The van der Waals surface area contributed by atoms with E-state index in [9.17, 15) is 34.8 Å². The molecule has 5 N–H and O–H groups in total. The lowest BCUT2D eigenvalue weighted by Crippen LogP contribution is -2.52. The lowest BCUT2D eigenvalue weighted by molar-refractivity contribution is -0.195. The van der Waals surface area contributed by atoms with Crippen LogP contribution in [0.5, 0.6) is 0 Å². The molecule has 1 aliphatic heterocycles. The molecule has 2 aromatic heterocycles. The number of rotatable bonds is 14. The van der Waals surface area contributed by atoms with Crippen molar-refractivity contribution in [1.29, 1.82) is 0 Å². The highest BCUT2D eigenvalue weighted by atomic mass is 35.5. The highest BCUT2D eigenvalue weighted by molar-refractivity contribution is 6.28. The molecule has 45 heavy (non-hydrogen) atoms. The molecule has 0 aliphatic carbocycles. The van der Waals surface area contributed by atoms with E-state index in [2.05, 4.69) is 26.2 Å². The van der Waals surface area contributed by atoms with Gasteiger partial charge in [0.15, 0.2) is 29.3 Å². The van der Waals surface area contributed by atoms with Gasteiger partial charge in [0.1, 0.15) is 6.10 Å². The molecule has 0 unspecified atom stereocenters. The van der Waals surface area contributed by atoms with E-state index in [4.69, 9.17) is 27.5 Å². The van der Waals surface area contributed by atoms with Gasteiger partial charge in [0.25, 0.3) is 5.60 Å². The Kier molecular flexibility index (Phi) is 10.4. The predicted octanol–water partition coefficient (Wildman–Crippen LogP) is 0.821. The van der Waals surface area contributed by atoms with Crippen molar-refractivity contribution in [3.05, 3.63) is 41.4 Å². The van der Waals surface area contributed by atoms with Crippen LogP contribution >= 0.6 is 11.6 Å². The van der Waals surface area contributed by atoms with E-state index in [1.165, 1.54) is 23.0 Å². The number of halogens is 1. The van der Waals surface area contributed by atoms with Gasteiger partial charge in [0.05, 0.1) is 19.5 Å². The molecule has 3 heterocycles. The molecule has 0 radical (unpaired) electrons. The van der Waals surface area contributed by atoms with Gasteiger partial charge in [-0.3, -0.25) is 9.47 Å². The Balaban J connectivity index is 1.56. The van der Waals surface area contributed by atoms with Gasteiger partial charge < -0.3 is 40.1 Å². The first-order valence-corrected chi connectivity index (χ1v) is 14.0. The smallest absolute Gasteiger partial charge is 0.348 e. The zero-order chi connectivity index (χ0) is 32.9. The van der Waals surface area contributed by atoms with E-state index in [-0.39, 0.29) is 28.3 Å². The third-order valence-corrected chi connectivity index (χ3v) is 7.39. The van der Waals surface area contributed by atoms with Gasteiger partial charge in [0.2, 0.25) is 5.28 Å². The van der Waals surface area contributed by atoms with Crippen LogP contribution in [0.2, 0.25) is 5.28 Å². The summed E-state index contributed by atoms with van der Waals surface area (Å²) < 4.78 is 12.6.